The molecule has 9 atom stereocenters. The molecule has 28 heteroatoms. The van der Waals surface area contributed by atoms with Gasteiger partial charge in [-0.1, -0.05) is 48.4 Å². The molecule has 5 rings (SSSR count). The number of carbonyl (C=O) groups excluding carboxylic acids is 2. The van der Waals surface area contributed by atoms with Gasteiger partial charge in [-0.15, -0.1) is 6.58 Å². The Morgan fingerprint density at radius 3 is 2.53 bits per heavy atom. The average molecular weight is 910 g/mol. The molecule has 3 aromatic heterocycles. The maximum absolute atomic E-state index is 13.8. The van der Waals surface area contributed by atoms with Crippen LogP contribution in [0, 0.1) is 0 Å². The number of rotatable bonds is 19. The number of ether oxygens (including phenoxy) is 3. The summed E-state index contributed by atoms with van der Waals surface area (Å²) in [5.41, 5.74) is 10.9. The Balaban J connectivity index is 1.37. The number of aliphatic hydroxyl groups is 1. The van der Waals surface area contributed by atoms with Crippen LogP contribution in [0.3, 0.4) is 0 Å². The molecule has 2 saturated heterocycles. The third-order valence-electron chi connectivity index (χ3n) is 8.38. The van der Waals surface area contributed by atoms with E-state index in [0.29, 0.717) is 6.42 Å². The van der Waals surface area contributed by atoms with Gasteiger partial charge in [0.15, 0.2) is 23.8 Å². The van der Waals surface area contributed by atoms with Crippen LogP contribution in [0.4, 0.5) is 11.6 Å². The van der Waals surface area contributed by atoms with Gasteiger partial charge in [0.05, 0.1) is 19.5 Å². The van der Waals surface area contributed by atoms with Crippen molar-refractivity contribution >= 4 is 71.9 Å². The molecule has 0 aromatic carbocycles. The Labute approximate surface area is 344 Å². The number of imidazole rings is 1. The van der Waals surface area contributed by atoms with Crippen molar-refractivity contribution < 1.29 is 66.3 Å². The molecular formula is C31H45N9O15P2S2. The molecule has 3 aromatic rings. The number of phosphoric acid groups is 2. The monoisotopic (exact) mass is 909 g/mol. The molecule has 24 nitrogen and oxygen atoms in total. The van der Waals surface area contributed by atoms with Crippen molar-refractivity contribution in [2.24, 2.45) is 0 Å². The zero-order valence-electron chi connectivity index (χ0n) is 31.8. The van der Waals surface area contributed by atoms with E-state index in [4.69, 9.17) is 34.7 Å². The molecule has 0 spiro atoms. The van der Waals surface area contributed by atoms with Gasteiger partial charge in [0.2, 0.25) is 5.91 Å². The van der Waals surface area contributed by atoms with Crippen molar-refractivity contribution in [2.45, 2.75) is 93.8 Å². The minimum absolute atomic E-state index is 0.0169. The molecule has 2 aliphatic rings. The number of aromatic nitrogens is 6. The van der Waals surface area contributed by atoms with Gasteiger partial charge < -0.3 is 50.8 Å². The van der Waals surface area contributed by atoms with Crippen LogP contribution in [0.15, 0.2) is 42.4 Å². The molecule has 1 amide bonds. The standard InChI is InChI=1S/C31H45N9O15P2S2/c1-5-6-7-21(41)37-16(13-58-59-31(2,3)4)29(43)54-25-19(53-28(24(25)42)40-15-36-23-26(33)34-14-35-27(23)40)12-51-57(48,49)55-17-10-22(39-9-8-20(32)38-30(39)44)52-18(17)11-50-56(45,46)47/h5,8-9,14-19,22,24-25,28,42H,1,6-7,10-13H2,2-4H3,(H,37,41)(H,48,49)(H2,32,38,44)(H2,33,34,35)(H2,45,46,47)/t16?,17-,18+,19+,22?,24+,25+,28+/m0/s1. The van der Waals surface area contributed by atoms with Gasteiger partial charge in [0, 0.05) is 29.5 Å². The zero-order valence-corrected chi connectivity index (χ0v) is 35.2. The number of aliphatic hydroxyl groups excluding tert-OH is 1. The first kappa shape index (κ1) is 46.6. The smallest absolute Gasteiger partial charge is 0.455 e. The van der Waals surface area contributed by atoms with Crippen LogP contribution in [-0.4, -0.2) is 121 Å². The number of allylic oxidation sites excluding steroid dienone is 1. The van der Waals surface area contributed by atoms with E-state index in [9.17, 15) is 43.3 Å². The molecule has 2 fully saturated rings. The molecule has 3 unspecified atom stereocenters. The third kappa shape index (κ3) is 12.8. The first-order valence-corrected chi connectivity index (χ1v) is 23.0. The lowest BCUT2D eigenvalue weighted by atomic mass is 10.1. The van der Waals surface area contributed by atoms with Gasteiger partial charge in [0.1, 0.15) is 54.3 Å². The molecule has 0 saturated carbocycles. The Bertz CT molecular complexity index is 2140. The van der Waals surface area contributed by atoms with Crippen LogP contribution in [0.25, 0.3) is 11.2 Å². The number of nitrogens with zero attached hydrogens (tertiary/aromatic N) is 6. The maximum atomic E-state index is 13.8. The van der Waals surface area contributed by atoms with Gasteiger partial charge in [-0.25, -0.2) is 33.7 Å². The van der Waals surface area contributed by atoms with Crippen LogP contribution in [0.1, 0.15) is 52.5 Å². The summed E-state index contributed by atoms with van der Waals surface area (Å²) < 4.78 is 59.9. The van der Waals surface area contributed by atoms with Gasteiger partial charge >= 0.3 is 27.3 Å². The zero-order chi connectivity index (χ0) is 43.3. The average Bonchev–Trinajstić information content (AvgIpc) is 3.83. The quantitative estimate of drug-likeness (QED) is 0.0381. The van der Waals surface area contributed by atoms with Crippen LogP contribution in [-0.2, 0) is 46.5 Å². The molecular weight excluding hydrogens is 864 g/mol. The van der Waals surface area contributed by atoms with E-state index in [2.05, 4.69) is 36.4 Å². The second kappa shape index (κ2) is 19.5. The van der Waals surface area contributed by atoms with Crippen molar-refractivity contribution in [3.05, 3.63) is 48.1 Å². The number of hydrogen-bond acceptors (Lipinski definition) is 20. The molecule has 326 valence electrons. The van der Waals surface area contributed by atoms with E-state index in [1.54, 1.807) is 6.08 Å². The Morgan fingerprint density at radius 1 is 1.12 bits per heavy atom. The largest absolute Gasteiger partial charge is 0.472 e. The minimum atomic E-state index is -5.20. The lowest BCUT2D eigenvalue weighted by molar-refractivity contribution is -0.159. The summed E-state index contributed by atoms with van der Waals surface area (Å²) in [6.07, 6.45) is -5.09. The number of anilines is 2. The highest BCUT2D eigenvalue weighted by atomic mass is 33.1. The van der Waals surface area contributed by atoms with E-state index >= 15 is 0 Å². The SMILES string of the molecule is C=CCCC(=O)NC(CSSC(C)(C)C)C(=O)O[C@H]1[C@@H](O)[C@H](n2cnc3c(N)ncnc32)O[C@@H]1COP(=O)(O)O[C@H]1CC(n2ccc(N)nc2=O)O[C@@H]1COP(=O)(O)O. The Kier molecular flexibility index (Phi) is 15.4. The molecule has 5 heterocycles. The number of nitrogens with two attached hydrogens (primary N) is 2. The van der Waals surface area contributed by atoms with Crippen molar-refractivity contribution in [3.63, 3.8) is 0 Å². The lowest BCUT2D eigenvalue weighted by Crippen LogP contribution is -2.47. The Hall–Kier alpha value is -3.49. The molecule has 0 radical (unpaired) electrons. The Morgan fingerprint density at radius 2 is 1.85 bits per heavy atom. The number of phosphoric ester groups is 2. The highest BCUT2D eigenvalue weighted by molar-refractivity contribution is 8.77. The van der Waals surface area contributed by atoms with Crippen molar-refractivity contribution in [2.75, 3.05) is 30.4 Å². The van der Waals surface area contributed by atoms with Crippen LogP contribution in [0.5, 0.6) is 0 Å². The molecule has 2 aliphatic heterocycles. The minimum Gasteiger partial charge on any atom is -0.455 e. The normalized spacial score (nSPS) is 25.1. The summed E-state index contributed by atoms with van der Waals surface area (Å²) in [5.74, 6) is -1.44. The highest BCUT2D eigenvalue weighted by Crippen LogP contribution is 2.50. The molecule has 9 N–H and O–H groups in total. The molecule has 0 aliphatic carbocycles. The topological polar surface area (TPSA) is 347 Å². The lowest BCUT2D eigenvalue weighted by Gasteiger charge is -2.26. The highest BCUT2D eigenvalue weighted by Gasteiger charge is 2.50. The predicted molar refractivity (Wildman–Crippen MR) is 211 cm³/mol. The maximum Gasteiger partial charge on any atom is 0.472 e. The fraction of sp³-hybridized carbons (Fsp3) is 0.581. The van der Waals surface area contributed by atoms with E-state index < -0.39 is 95.4 Å². The van der Waals surface area contributed by atoms with Gasteiger partial charge in [0.25, 0.3) is 0 Å². The predicted octanol–water partition coefficient (Wildman–Crippen LogP) is 0.948. The first-order chi connectivity index (χ1) is 27.6. The van der Waals surface area contributed by atoms with E-state index in [-0.39, 0.29) is 46.1 Å². The summed E-state index contributed by atoms with van der Waals surface area (Å²) in [4.78, 5) is 84.4. The van der Waals surface area contributed by atoms with Crippen molar-refractivity contribution in [3.8, 4) is 0 Å². The number of carbonyl (C=O) groups is 2. The number of nitrogen functional groups attached to an aromatic ring is 2. The second-order valence-corrected chi connectivity index (χ2v) is 19.9. The summed E-state index contributed by atoms with van der Waals surface area (Å²) in [7, 11) is -7.50. The van der Waals surface area contributed by atoms with Gasteiger partial charge in [-0.2, -0.15) is 4.98 Å². The second-order valence-electron chi connectivity index (χ2n) is 14.1. The number of hydrogen-bond donors (Lipinski definition) is 7. The summed E-state index contributed by atoms with van der Waals surface area (Å²) >= 11 is 0. The van der Waals surface area contributed by atoms with Gasteiger partial charge in [-0.3, -0.25) is 27.5 Å². The summed E-state index contributed by atoms with van der Waals surface area (Å²) in [6.45, 7) is 7.79. The first-order valence-electron chi connectivity index (χ1n) is 17.7. The number of esters is 1. The van der Waals surface area contributed by atoms with E-state index in [0.717, 1.165) is 10.9 Å². The number of amides is 1. The summed E-state index contributed by atoms with van der Waals surface area (Å²) in [6, 6.07) is 0.0736. The fourth-order valence-electron chi connectivity index (χ4n) is 5.77. The molecule has 0 bridgehead atoms. The van der Waals surface area contributed by atoms with E-state index in [1.165, 1.54) is 44.7 Å². The summed E-state index contributed by atoms with van der Waals surface area (Å²) in [5, 5.41) is 14.3. The number of nitrogens with one attached hydrogen (secondary N) is 1. The van der Waals surface area contributed by atoms with E-state index in [1.807, 2.05) is 20.8 Å². The van der Waals surface area contributed by atoms with Crippen molar-refractivity contribution in [1.29, 1.82) is 0 Å². The third-order valence-corrected chi connectivity index (χ3v) is 13.2. The number of fused-ring (bicyclic) bond motifs is 1. The van der Waals surface area contributed by atoms with Gasteiger partial charge in [-0.05, 0) is 12.5 Å². The molecule has 59 heavy (non-hydrogen) atoms. The fourth-order valence-corrected chi connectivity index (χ4v) is 9.52. The van der Waals surface area contributed by atoms with Crippen LogP contribution < -0.4 is 22.5 Å². The van der Waals surface area contributed by atoms with Crippen LogP contribution in [0.2, 0.25) is 0 Å². The van der Waals surface area contributed by atoms with Crippen molar-refractivity contribution in [1.82, 2.24) is 34.4 Å². The van der Waals surface area contributed by atoms with Crippen LogP contribution >= 0.6 is 37.2 Å².